The van der Waals surface area contributed by atoms with Crippen molar-refractivity contribution in [1.82, 2.24) is 0 Å². The van der Waals surface area contributed by atoms with Gasteiger partial charge in [-0.05, 0) is 42.7 Å². The van der Waals surface area contributed by atoms with Gasteiger partial charge in [-0.3, -0.25) is 19.9 Å². The summed E-state index contributed by atoms with van der Waals surface area (Å²) >= 11 is 0. The molecule has 0 bridgehead atoms. The highest BCUT2D eigenvalue weighted by Gasteiger charge is 2.18. The van der Waals surface area contributed by atoms with Crippen LogP contribution in [-0.4, -0.2) is 22.0 Å². The Morgan fingerprint density at radius 2 is 1.82 bits per heavy atom. The molecule has 0 fully saturated rings. The molecule has 6 heteroatoms. The Kier molecular flexibility index (Phi) is 5.60. The molecule has 0 atom stereocenters. The Bertz CT molecular complexity index is 1060. The summed E-state index contributed by atoms with van der Waals surface area (Å²) in [7, 11) is 0. The van der Waals surface area contributed by atoms with Gasteiger partial charge in [0.2, 0.25) is 5.75 Å². The van der Waals surface area contributed by atoms with Crippen LogP contribution in [0.25, 0.3) is 0 Å². The molecule has 0 aliphatic heterocycles. The number of benzene rings is 3. The fraction of sp³-hybridized carbons (Fsp3) is 0.0909. The van der Waals surface area contributed by atoms with Crippen LogP contribution in [0, 0.1) is 10.1 Å². The maximum Gasteiger partial charge on any atom is 0.311 e. The Balaban J connectivity index is 1.98. The van der Waals surface area contributed by atoms with Gasteiger partial charge in [0.25, 0.3) is 0 Å². The minimum atomic E-state index is -0.614. The van der Waals surface area contributed by atoms with E-state index in [1.54, 1.807) is 30.3 Å². The number of rotatable bonds is 6. The summed E-state index contributed by atoms with van der Waals surface area (Å²) in [5.41, 5.74) is 2.60. The van der Waals surface area contributed by atoms with Gasteiger partial charge in [-0.1, -0.05) is 42.5 Å². The third-order valence-corrected chi connectivity index (χ3v) is 4.23. The quantitative estimate of drug-likeness (QED) is 0.289. The molecule has 0 heterocycles. The van der Waals surface area contributed by atoms with Crippen molar-refractivity contribution in [2.24, 2.45) is 4.99 Å². The molecule has 0 aliphatic rings. The largest absolute Gasteiger partial charge is 0.502 e. The van der Waals surface area contributed by atoms with Crippen LogP contribution in [0.3, 0.4) is 0 Å². The fourth-order valence-electron chi connectivity index (χ4n) is 2.82. The number of ketones is 1. The lowest BCUT2D eigenvalue weighted by atomic mass is 10.0. The number of nitro benzene ring substituents is 1. The standard InChI is InChI=1S/C22H18N2O4/c1-15(25)18-8-5-9-20(13-18)23-14-19-11-17(10-16-6-3-2-4-7-16)12-21(22(19)26)24(27)28/h2-9,11-14,26H,10H2,1H3. The molecule has 0 spiro atoms. The van der Waals surface area contributed by atoms with E-state index in [1.165, 1.54) is 19.2 Å². The lowest BCUT2D eigenvalue weighted by Crippen LogP contribution is -1.97. The zero-order valence-corrected chi connectivity index (χ0v) is 15.2. The van der Waals surface area contributed by atoms with Crippen LogP contribution in [0.15, 0.2) is 71.7 Å². The first-order chi connectivity index (χ1) is 13.4. The Morgan fingerprint density at radius 1 is 1.07 bits per heavy atom. The molecule has 3 rings (SSSR count). The summed E-state index contributed by atoms with van der Waals surface area (Å²) in [5.74, 6) is -0.520. The SMILES string of the molecule is CC(=O)c1cccc(N=Cc2cc(Cc3ccccc3)cc([N+](=O)[O-])c2O)c1. The van der Waals surface area contributed by atoms with E-state index in [4.69, 9.17) is 0 Å². The summed E-state index contributed by atoms with van der Waals surface area (Å²) in [4.78, 5) is 26.5. The Hall–Kier alpha value is -3.80. The number of aromatic hydroxyl groups is 1. The number of carbonyl (C=O) groups is 1. The average molecular weight is 374 g/mol. The second kappa shape index (κ2) is 8.26. The van der Waals surface area contributed by atoms with Crippen LogP contribution in [0.2, 0.25) is 0 Å². The van der Waals surface area contributed by atoms with Gasteiger partial charge in [0.1, 0.15) is 0 Å². The molecule has 0 saturated carbocycles. The summed E-state index contributed by atoms with van der Waals surface area (Å²) < 4.78 is 0. The fourth-order valence-corrected chi connectivity index (χ4v) is 2.82. The van der Waals surface area contributed by atoms with Crippen LogP contribution in [0.5, 0.6) is 5.75 Å². The van der Waals surface area contributed by atoms with E-state index in [9.17, 15) is 20.0 Å². The molecule has 0 amide bonds. The van der Waals surface area contributed by atoms with E-state index in [-0.39, 0.29) is 17.0 Å². The van der Waals surface area contributed by atoms with E-state index >= 15 is 0 Å². The van der Waals surface area contributed by atoms with E-state index in [2.05, 4.69) is 4.99 Å². The summed E-state index contributed by atoms with van der Waals surface area (Å²) in [6, 6.07) is 19.3. The second-order valence-electron chi connectivity index (χ2n) is 6.34. The predicted octanol–water partition coefficient (Wildman–Crippen LogP) is 4.84. The molecule has 28 heavy (non-hydrogen) atoms. The van der Waals surface area contributed by atoms with Crippen molar-refractivity contribution in [3.05, 3.63) is 99.1 Å². The number of nitro groups is 1. The number of hydrogen-bond donors (Lipinski definition) is 1. The monoisotopic (exact) mass is 374 g/mol. The van der Waals surface area contributed by atoms with Crippen molar-refractivity contribution >= 4 is 23.4 Å². The van der Waals surface area contributed by atoms with E-state index in [0.29, 0.717) is 23.2 Å². The third-order valence-electron chi connectivity index (χ3n) is 4.23. The first-order valence-corrected chi connectivity index (χ1v) is 8.63. The first-order valence-electron chi connectivity index (χ1n) is 8.63. The zero-order valence-electron chi connectivity index (χ0n) is 15.2. The number of phenols is 1. The van der Waals surface area contributed by atoms with Crippen molar-refractivity contribution < 1.29 is 14.8 Å². The maximum absolute atomic E-state index is 11.5. The number of carbonyl (C=O) groups excluding carboxylic acids is 1. The highest BCUT2D eigenvalue weighted by molar-refractivity contribution is 5.95. The lowest BCUT2D eigenvalue weighted by Gasteiger charge is -2.06. The molecule has 0 unspecified atom stereocenters. The molecular formula is C22H18N2O4. The van der Waals surface area contributed by atoms with Crippen molar-refractivity contribution in [2.45, 2.75) is 13.3 Å². The molecule has 0 saturated heterocycles. The summed E-state index contributed by atoms with van der Waals surface area (Å²) in [6.07, 6.45) is 1.86. The van der Waals surface area contributed by atoms with Gasteiger partial charge in [-0.15, -0.1) is 0 Å². The number of hydrogen-bond acceptors (Lipinski definition) is 5. The van der Waals surface area contributed by atoms with Crippen LogP contribution < -0.4 is 0 Å². The highest BCUT2D eigenvalue weighted by atomic mass is 16.6. The Morgan fingerprint density at radius 3 is 2.50 bits per heavy atom. The number of aliphatic imine (C=N–C) groups is 1. The van der Waals surface area contributed by atoms with E-state index in [0.717, 1.165) is 5.56 Å². The molecule has 0 aromatic heterocycles. The van der Waals surface area contributed by atoms with Crippen molar-refractivity contribution in [3.63, 3.8) is 0 Å². The molecule has 140 valence electrons. The van der Waals surface area contributed by atoms with Gasteiger partial charge in [-0.2, -0.15) is 0 Å². The smallest absolute Gasteiger partial charge is 0.311 e. The van der Waals surface area contributed by atoms with Crippen molar-refractivity contribution in [2.75, 3.05) is 0 Å². The van der Waals surface area contributed by atoms with E-state index in [1.807, 2.05) is 30.3 Å². The lowest BCUT2D eigenvalue weighted by molar-refractivity contribution is -0.385. The van der Waals surface area contributed by atoms with Gasteiger partial charge < -0.3 is 5.11 Å². The molecule has 1 N–H and O–H groups in total. The zero-order chi connectivity index (χ0) is 20.1. The molecule has 3 aromatic rings. The Labute approximate surface area is 162 Å². The van der Waals surface area contributed by atoms with Crippen LogP contribution >= 0.6 is 0 Å². The van der Waals surface area contributed by atoms with Crippen LogP contribution in [-0.2, 0) is 6.42 Å². The predicted molar refractivity (Wildman–Crippen MR) is 108 cm³/mol. The average Bonchev–Trinajstić information content (AvgIpc) is 2.69. The highest BCUT2D eigenvalue weighted by Crippen LogP contribution is 2.31. The number of nitrogens with zero attached hydrogens (tertiary/aromatic N) is 2. The number of phenolic OH excluding ortho intramolecular Hbond substituents is 1. The van der Waals surface area contributed by atoms with Crippen molar-refractivity contribution in [1.29, 1.82) is 0 Å². The summed E-state index contributed by atoms with van der Waals surface area (Å²) in [6.45, 7) is 1.46. The molecule has 6 nitrogen and oxygen atoms in total. The minimum absolute atomic E-state index is 0.0830. The second-order valence-corrected chi connectivity index (χ2v) is 6.34. The van der Waals surface area contributed by atoms with Gasteiger partial charge in [-0.25, -0.2) is 0 Å². The molecular weight excluding hydrogens is 356 g/mol. The normalized spacial score (nSPS) is 10.9. The van der Waals surface area contributed by atoms with Crippen molar-refractivity contribution in [3.8, 4) is 5.75 Å². The number of Topliss-reactive ketones (excluding diaryl/α,β-unsaturated/α-hetero) is 1. The third kappa shape index (κ3) is 4.48. The molecule has 0 aliphatic carbocycles. The van der Waals surface area contributed by atoms with Gasteiger partial charge >= 0.3 is 5.69 Å². The van der Waals surface area contributed by atoms with E-state index < -0.39 is 10.7 Å². The van der Waals surface area contributed by atoms with Gasteiger partial charge in [0, 0.05) is 23.4 Å². The van der Waals surface area contributed by atoms with Crippen LogP contribution in [0.1, 0.15) is 34.0 Å². The maximum atomic E-state index is 11.5. The van der Waals surface area contributed by atoms with Gasteiger partial charge in [0.05, 0.1) is 10.6 Å². The first kappa shape index (κ1) is 19.0. The summed E-state index contributed by atoms with van der Waals surface area (Å²) in [5, 5.41) is 21.6. The van der Waals surface area contributed by atoms with Gasteiger partial charge in [0.15, 0.2) is 5.78 Å². The molecule has 3 aromatic carbocycles. The molecule has 0 radical (unpaired) electrons. The topological polar surface area (TPSA) is 92.8 Å². The van der Waals surface area contributed by atoms with Crippen LogP contribution in [0.4, 0.5) is 11.4 Å². The minimum Gasteiger partial charge on any atom is -0.502 e.